The molecule has 4 aromatic carbocycles. The minimum atomic E-state index is 0.180. The number of carbonyl (C=O) groups is 1. The van der Waals surface area contributed by atoms with Crippen LogP contribution >= 0.6 is 0 Å². The second kappa shape index (κ2) is 12.3. The lowest BCUT2D eigenvalue weighted by molar-refractivity contribution is 0.112. The number of rotatable bonds is 7. The first-order chi connectivity index (χ1) is 19.5. The molecule has 5 rings (SSSR count). The maximum absolute atomic E-state index is 12.0. The molecule has 0 amide bonds. The van der Waals surface area contributed by atoms with Crippen LogP contribution in [0.3, 0.4) is 0 Å². The lowest BCUT2D eigenvalue weighted by atomic mass is 9.90. The Balaban J connectivity index is 1.74. The van der Waals surface area contributed by atoms with Gasteiger partial charge in [0.05, 0.1) is 13.2 Å². The van der Waals surface area contributed by atoms with Gasteiger partial charge >= 0.3 is 0 Å². The van der Waals surface area contributed by atoms with Crippen LogP contribution in [0.25, 0.3) is 0 Å². The minimum absolute atomic E-state index is 0.180. The average Bonchev–Trinajstić information content (AvgIpc) is 2.96. The van der Waals surface area contributed by atoms with Gasteiger partial charge in [-0.1, -0.05) is 68.4 Å². The van der Waals surface area contributed by atoms with Crippen molar-refractivity contribution in [2.75, 3.05) is 13.2 Å². The molecule has 1 aliphatic rings. The number of aldehydes is 1. The van der Waals surface area contributed by atoms with Crippen molar-refractivity contribution in [3.8, 4) is 23.0 Å². The van der Waals surface area contributed by atoms with Gasteiger partial charge in [0.2, 0.25) is 0 Å². The van der Waals surface area contributed by atoms with Gasteiger partial charge in [0.25, 0.3) is 0 Å². The molecule has 40 heavy (non-hydrogen) atoms. The molecule has 5 heteroatoms. The summed E-state index contributed by atoms with van der Waals surface area (Å²) in [5, 5.41) is 22.9. The Morgan fingerprint density at radius 2 is 0.950 bits per heavy atom. The number of aromatic hydroxyl groups is 2. The zero-order valence-electron chi connectivity index (χ0n) is 23.2. The molecule has 0 radical (unpaired) electrons. The van der Waals surface area contributed by atoms with E-state index in [4.69, 9.17) is 9.47 Å². The summed E-state index contributed by atoms with van der Waals surface area (Å²) in [5.74, 6) is 1.99. The molecule has 206 valence electrons. The predicted octanol–water partition coefficient (Wildman–Crippen LogP) is 7.16. The van der Waals surface area contributed by atoms with Gasteiger partial charge in [-0.05, 0) is 69.5 Å². The van der Waals surface area contributed by atoms with Crippen LogP contribution in [0.2, 0.25) is 0 Å². The molecule has 1 aliphatic carbocycles. The van der Waals surface area contributed by atoms with Crippen LogP contribution in [0, 0.1) is 0 Å². The minimum Gasteiger partial charge on any atom is -0.507 e. The van der Waals surface area contributed by atoms with Gasteiger partial charge in [0.1, 0.15) is 29.3 Å². The highest BCUT2D eigenvalue weighted by Crippen LogP contribution is 2.38. The fourth-order valence-electron chi connectivity index (χ4n) is 5.49. The zero-order valence-corrected chi connectivity index (χ0v) is 23.2. The first kappa shape index (κ1) is 27.3. The fourth-order valence-corrected chi connectivity index (χ4v) is 5.49. The number of hydrogen-bond acceptors (Lipinski definition) is 5. The molecule has 0 saturated carbocycles. The van der Waals surface area contributed by atoms with Gasteiger partial charge in [-0.15, -0.1) is 0 Å². The van der Waals surface area contributed by atoms with Gasteiger partial charge in [0.15, 0.2) is 0 Å². The van der Waals surface area contributed by atoms with Gasteiger partial charge < -0.3 is 19.7 Å². The van der Waals surface area contributed by atoms with Gasteiger partial charge in [0, 0.05) is 31.2 Å². The lowest BCUT2D eigenvalue weighted by Gasteiger charge is -2.20. The van der Waals surface area contributed by atoms with E-state index in [1.54, 1.807) is 12.1 Å². The summed E-state index contributed by atoms with van der Waals surface area (Å²) >= 11 is 0. The molecule has 8 bridgehead atoms. The maximum Gasteiger partial charge on any atom is 0.150 e. The van der Waals surface area contributed by atoms with Gasteiger partial charge in [-0.25, -0.2) is 0 Å². The zero-order chi connectivity index (χ0) is 28.1. The Bertz CT molecular complexity index is 1420. The summed E-state index contributed by atoms with van der Waals surface area (Å²) in [7, 11) is 0. The number of phenolic OH excluding ortho intramolecular Hbond substituents is 2. The number of hydrogen-bond donors (Lipinski definition) is 2. The molecule has 0 atom stereocenters. The van der Waals surface area contributed by atoms with Crippen LogP contribution in [0.5, 0.6) is 23.0 Å². The van der Waals surface area contributed by atoms with E-state index < -0.39 is 0 Å². The van der Waals surface area contributed by atoms with E-state index in [9.17, 15) is 15.0 Å². The topological polar surface area (TPSA) is 76.0 Å². The molecule has 5 nitrogen and oxygen atoms in total. The standard InChI is InChI=1S/C35H36O5/c1-3-14-39-34-26-10-6-12-28(34)20-30-16-23(22-36)17-31(33(30)38)21-29-13-7-11-27(35(29)40-15-4-2)19-25-9-5-8-24(18-26)32(25)37/h5-13,16-17,22,37-38H,3-4,14-15,18-21H2,1-2H3. The molecule has 0 spiro atoms. The molecule has 0 fully saturated rings. The Hall–Kier alpha value is -4.25. The SMILES string of the molecule is CCCOc1c2cccc1Cc1cc(C=O)cc(c1O)Cc1cccc(c1OCCC)Cc1cccc(c1O)C2. The highest BCUT2D eigenvalue weighted by atomic mass is 16.5. The number of ether oxygens (including phenoxy) is 2. The van der Waals surface area contributed by atoms with Gasteiger partial charge in [-0.2, -0.15) is 0 Å². The summed E-state index contributed by atoms with van der Waals surface area (Å²) in [6.45, 7) is 5.23. The van der Waals surface area contributed by atoms with Crippen LogP contribution in [-0.4, -0.2) is 29.7 Å². The molecule has 0 aliphatic heterocycles. The van der Waals surface area contributed by atoms with Crippen LogP contribution in [-0.2, 0) is 25.7 Å². The number of fused-ring (bicyclic) bond motifs is 8. The Morgan fingerprint density at radius 3 is 1.32 bits per heavy atom. The molecule has 0 aromatic heterocycles. The first-order valence-electron chi connectivity index (χ1n) is 14.1. The normalized spacial score (nSPS) is 12.6. The second-order valence-corrected chi connectivity index (χ2v) is 10.4. The fraction of sp³-hybridized carbons (Fsp3) is 0.286. The molecular formula is C35H36O5. The summed E-state index contributed by atoms with van der Waals surface area (Å²) in [5.41, 5.74) is 7.27. The third-order valence-corrected chi connectivity index (χ3v) is 7.41. The van der Waals surface area contributed by atoms with Crippen molar-refractivity contribution in [3.05, 3.63) is 117 Å². The van der Waals surface area contributed by atoms with Crippen molar-refractivity contribution in [2.24, 2.45) is 0 Å². The molecular weight excluding hydrogens is 500 g/mol. The smallest absolute Gasteiger partial charge is 0.150 e. The predicted molar refractivity (Wildman–Crippen MR) is 157 cm³/mol. The third-order valence-electron chi connectivity index (χ3n) is 7.41. The van der Waals surface area contributed by atoms with Crippen LogP contribution in [0.1, 0.15) is 81.6 Å². The second-order valence-electron chi connectivity index (χ2n) is 10.4. The lowest BCUT2D eigenvalue weighted by Crippen LogP contribution is -2.07. The van der Waals surface area contributed by atoms with Crippen molar-refractivity contribution < 1.29 is 24.5 Å². The highest BCUT2D eigenvalue weighted by molar-refractivity contribution is 5.77. The van der Waals surface area contributed by atoms with E-state index in [1.165, 1.54) is 0 Å². The van der Waals surface area contributed by atoms with E-state index >= 15 is 0 Å². The van der Waals surface area contributed by atoms with Crippen molar-refractivity contribution in [2.45, 2.75) is 52.4 Å². The monoisotopic (exact) mass is 536 g/mol. The van der Waals surface area contributed by atoms with E-state index in [2.05, 4.69) is 13.8 Å². The number of para-hydroxylation sites is 3. The first-order valence-corrected chi connectivity index (χ1v) is 14.1. The Morgan fingerprint density at radius 1 is 0.600 bits per heavy atom. The molecule has 2 N–H and O–H groups in total. The summed E-state index contributed by atoms with van der Waals surface area (Å²) in [6.07, 6.45) is 4.33. The van der Waals surface area contributed by atoms with Crippen molar-refractivity contribution >= 4 is 6.29 Å². The molecule has 4 aromatic rings. The third kappa shape index (κ3) is 5.69. The van der Waals surface area contributed by atoms with Crippen LogP contribution in [0.4, 0.5) is 0 Å². The number of carbonyl (C=O) groups excluding carboxylic acids is 1. The van der Waals surface area contributed by atoms with E-state index in [-0.39, 0.29) is 11.5 Å². The maximum atomic E-state index is 12.0. The number of phenols is 2. The van der Waals surface area contributed by atoms with Crippen molar-refractivity contribution in [3.63, 3.8) is 0 Å². The van der Waals surface area contributed by atoms with Crippen molar-refractivity contribution in [1.82, 2.24) is 0 Å². The molecule has 0 unspecified atom stereocenters. The molecule has 0 heterocycles. The Labute approximate surface area is 236 Å². The Kier molecular flexibility index (Phi) is 8.40. The average molecular weight is 537 g/mol. The summed E-state index contributed by atoms with van der Waals surface area (Å²) in [6, 6.07) is 21.4. The van der Waals surface area contributed by atoms with Gasteiger partial charge in [-0.3, -0.25) is 4.79 Å². The summed E-state index contributed by atoms with van der Waals surface area (Å²) < 4.78 is 12.6. The highest BCUT2D eigenvalue weighted by Gasteiger charge is 2.20. The quantitative estimate of drug-likeness (QED) is 0.216. The summed E-state index contributed by atoms with van der Waals surface area (Å²) in [4.78, 5) is 12.0. The molecule has 0 saturated heterocycles. The van der Waals surface area contributed by atoms with E-state index in [0.717, 1.165) is 64.0 Å². The van der Waals surface area contributed by atoms with E-state index in [0.29, 0.717) is 55.6 Å². The van der Waals surface area contributed by atoms with Crippen LogP contribution in [0.15, 0.2) is 66.7 Å². The largest absolute Gasteiger partial charge is 0.507 e. The van der Waals surface area contributed by atoms with E-state index in [1.807, 2.05) is 54.6 Å². The van der Waals surface area contributed by atoms with Crippen LogP contribution < -0.4 is 9.47 Å². The van der Waals surface area contributed by atoms with Crippen molar-refractivity contribution in [1.29, 1.82) is 0 Å². The number of benzene rings is 4.